The Balaban J connectivity index is 1.68. The van der Waals surface area contributed by atoms with Crippen molar-refractivity contribution in [3.63, 3.8) is 0 Å². The molecule has 22 heavy (non-hydrogen) atoms. The average molecular weight is 294 g/mol. The standard InChI is InChI=1S/C18H18N2O2/c21-17(13-14-7-4-5-8-14)20-16-11-6-12-19-18(16)22-15-9-2-1-3-10-15/h1-4,6-7,9-12,14H,5,8,13H2,(H,20,21)/t14-/m0/s1. The van der Waals surface area contributed by atoms with Crippen molar-refractivity contribution in [2.45, 2.75) is 19.3 Å². The maximum Gasteiger partial charge on any atom is 0.243 e. The molecule has 1 N–H and O–H groups in total. The Kier molecular flexibility index (Phi) is 4.49. The molecule has 1 heterocycles. The van der Waals surface area contributed by atoms with Gasteiger partial charge in [-0.3, -0.25) is 4.79 Å². The number of carbonyl (C=O) groups is 1. The molecule has 1 aliphatic rings. The van der Waals surface area contributed by atoms with Gasteiger partial charge in [0.2, 0.25) is 11.8 Å². The zero-order valence-corrected chi connectivity index (χ0v) is 12.2. The maximum absolute atomic E-state index is 12.1. The molecule has 0 bridgehead atoms. The van der Waals surface area contributed by atoms with E-state index >= 15 is 0 Å². The van der Waals surface area contributed by atoms with Crippen molar-refractivity contribution in [3.05, 3.63) is 60.8 Å². The number of ether oxygens (including phenoxy) is 1. The molecular weight excluding hydrogens is 276 g/mol. The summed E-state index contributed by atoms with van der Waals surface area (Å²) in [5.74, 6) is 1.43. The van der Waals surface area contributed by atoms with Gasteiger partial charge in [0.1, 0.15) is 11.4 Å². The van der Waals surface area contributed by atoms with Crippen molar-refractivity contribution in [3.8, 4) is 11.6 Å². The number of benzene rings is 1. The third-order valence-corrected chi connectivity index (χ3v) is 3.56. The van der Waals surface area contributed by atoms with Gasteiger partial charge in [-0.05, 0) is 43.0 Å². The van der Waals surface area contributed by atoms with Crippen LogP contribution in [0.3, 0.4) is 0 Å². The molecule has 2 aromatic rings. The maximum atomic E-state index is 12.1. The molecule has 0 fully saturated rings. The summed E-state index contributed by atoms with van der Waals surface area (Å²) in [4.78, 5) is 16.4. The summed E-state index contributed by atoms with van der Waals surface area (Å²) in [6, 6.07) is 13.0. The Morgan fingerprint density at radius 2 is 2.09 bits per heavy atom. The lowest BCUT2D eigenvalue weighted by Gasteiger charge is -2.12. The lowest BCUT2D eigenvalue weighted by Crippen LogP contribution is -2.15. The molecule has 0 unspecified atom stereocenters. The van der Waals surface area contributed by atoms with Gasteiger partial charge < -0.3 is 10.1 Å². The number of hydrogen-bond acceptors (Lipinski definition) is 3. The second-order valence-corrected chi connectivity index (χ2v) is 5.29. The molecular formula is C18H18N2O2. The number of carbonyl (C=O) groups excluding carboxylic acids is 1. The first kappa shape index (κ1) is 14.3. The lowest BCUT2D eigenvalue weighted by atomic mass is 10.1. The number of hydrogen-bond donors (Lipinski definition) is 1. The third kappa shape index (κ3) is 3.73. The van der Waals surface area contributed by atoms with E-state index < -0.39 is 0 Å². The minimum absolute atomic E-state index is 0.0116. The zero-order valence-electron chi connectivity index (χ0n) is 12.2. The van der Waals surface area contributed by atoms with Crippen LogP contribution in [0.25, 0.3) is 0 Å². The highest BCUT2D eigenvalue weighted by Crippen LogP contribution is 2.27. The molecule has 112 valence electrons. The molecule has 0 saturated carbocycles. The van der Waals surface area contributed by atoms with Crippen LogP contribution in [0.15, 0.2) is 60.8 Å². The quantitative estimate of drug-likeness (QED) is 0.842. The first-order valence-electron chi connectivity index (χ1n) is 7.46. The van der Waals surface area contributed by atoms with Crippen LogP contribution in [0.2, 0.25) is 0 Å². The van der Waals surface area contributed by atoms with Crippen molar-refractivity contribution in [2.24, 2.45) is 5.92 Å². The fourth-order valence-electron chi connectivity index (χ4n) is 2.47. The van der Waals surface area contributed by atoms with Crippen molar-refractivity contribution >= 4 is 11.6 Å². The van der Waals surface area contributed by atoms with Crippen molar-refractivity contribution < 1.29 is 9.53 Å². The molecule has 0 aliphatic heterocycles. The minimum atomic E-state index is -0.0116. The van der Waals surface area contributed by atoms with Crippen LogP contribution in [0.1, 0.15) is 19.3 Å². The summed E-state index contributed by atoms with van der Waals surface area (Å²) in [7, 11) is 0. The van der Waals surface area contributed by atoms with Crippen LogP contribution in [-0.4, -0.2) is 10.9 Å². The Hall–Kier alpha value is -2.62. The van der Waals surface area contributed by atoms with E-state index in [1.165, 1.54) is 0 Å². The van der Waals surface area contributed by atoms with Gasteiger partial charge in [-0.1, -0.05) is 30.4 Å². The van der Waals surface area contributed by atoms with E-state index in [9.17, 15) is 4.79 Å². The first-order chi connectivity index (χ1) is 10.8. The summed E-state index contributed by atoms with van der Waals surface area (Å²) in [6.45, 7) is 0. The van der Waals surface area contributed by atoms with Crippen molar-refractivity contribution in [2.75, 3.05) is 5.32 Å². The van der Waals surface area contributed by atoms with Crippen molar-refractivity contribution in [1.29, 1.82) is 0 Å². The number of para-hydroxylation sites is 1. The monoisotopic (exact) mass is 294 g/mol. The largest absolute Gasteiger partial charge is 0.437 e. The van der Waals surface area contributed by atoms with Crippen LogP contribution in [-0.2, 0) is 4.79 Å². The molecule has 4 heteroatoms. The Labute approximate surface area is 129 Å². The highest BCUT2D eigenvalue weighted by atomic mass is 16.5. The minimum Gasteiger partial charge on any atom is -0.437 e. The first-order valence-corrected chi connectivity index (χ1v) is 7.46. The van der Waals surface area contributed by atoms with Crippen LogP contribution in [0.5, 0.6) is 11.6 Å². The van der Waals surface area contributed by atoms with E-state index in [0.29, 0.717) is 29.7 Å². The number of anilines is 1. The van der Waals surface area contributed by atoms with E-state index in [0.717, 1.165) is 12.8 Å². The molecule has 1 aromatic carbocycles. The van der Waals surface area contributed by atoms with Gasteiger partial charge in [-0.15, -0.1) is 0 Å². The van der Waals surface area contributed by atoms with Gasteiger partial charge in [-0.2, -0.15) is 0 Å². The Morgan fingerprint density at radius 3 is 2.86 bits per heavy atom. The fourth-order valence-corrected chi connectivity index (χ4v) is 2.47. The smallest absolute Gasteiger partial charge is 0.243 e. The summed E-state index contributed by atoms with van der Waals surface area (Å²) in [5, 5.41) is 2.90. The summed E-state index contributed by atoms with van der Waals surface area (Å²) < 4.78 is 5.74. The number of rotatable bonds is 5. The van der Waals surface area contributed by atoms with Gasteiger partial charge in [-0.25, -0.2) is 4.98 Å². The fraction of sp³-hybridized carbons (Fsp3) is 0.222. The predicted molar refractivity (Wildman–Crippen MR) is 85.9 cm³/mol. The van der Waals surface area contributed by atoms with Crippen LogP contribution >= 0.6 is 0 Å². The lowest BCUT2D eigenvalue weighted by molar-refractivity contribution is -0.116. The highest BCUT2D eigenvalue weighted by molar-refractivity contribution is 5.92. The number of nitrogens with zero attached hydrogens (tertiary/aromatic N) is 1. The second-order valence-electron chi connectivity index (χ2n) is 5.29. The molecule has 0 spiro atoms. The molecule has 0 radical (unpaired) electrons. The Morgan fingerprint density at radius 1 is 1.23 bits per heavy atom. The summed E-state index contributed by atoms with van der Waals surface area (Å²) >= 11 is 0. The molecule has 1 aliphatic carbocycles. The molecule has 1 atom stereocenters. The summed E-state index contributed by atoms with van der Waals surface area (Å²) in [6.07, 6.45) is 8.50. The Bertz CT molecular complexity index is 668. The molecule has 3 rings (SSSR count). The van der Waals surface area contributed by atoms with Gasteiger partial charge in [0.25, 0.3) is 0 Å². The van der Waals surface area contributed by atoms with E-state index in [4.69, 9.17) is 4.74 Å². The SMILES string of the molecule is O=C(C[C@H]1C=CCC1)Nc1cccnc1Oc1ccccc1. The number of allylic oxidation sites excluding steroid dienone is 2. The van der Waals surface area contributed by atoms with Crippen LogP contribution in [0.4, 0.5) is 5.69 Å². The highest BCUT2D eigenvalue weighted by Gasteiger charge is 2.16. The number of amides is 1. The predicted octanol–water partition coefficient (Wildman–Crippen LogP) is 4.17. The topological polar surface area (TPSA) is 51.2 Å². The molecule has 1 amide bonds. The normalized spacial score (nSPS) is 16.5. The second kappa shape index (κ2) is 6.89. The van der Waals surface area contributed by atoms with E-state index in [2.05, 4.69) is 22.5 Å². The number of pyridine rings is 1. The summed E-state index contributed by atoms with van der Waals surface area (Å²) in [5.41, 5.74) is 0.596. The third-order valence-electron chi connectivity index (χ3n) is 3.56. The molecule has 4 nitrogen and oxygen atoms in total. The number of nitrogens with one attached hydrogen (secondary N) is 1. The average Bonchev–Trinajstić information content (AvgIpc) is 3.03. The van der Waals surface area contributed by atoms with Gasteiger partial charge in [0.15, 0.2) is 0 Å². The van der Waals surface area contributed by atoms with Crippen LogP contribution in [0, 0.1) is 5.92 Å². The number of aromatic nitrogens is 1. The van der Waals surface area contributed by atoms with Gasteiger partial charge in [0.05, 0.1) is 0 Å². The van der Waals surface area contributed by atoms with Crippen molar-refractivity contribution in [1.82, 2.24) is 4.98 Å². The van der Waals surface area contributed by atoms with E-state index in [1.807, 2.05) is 30.3 Å². The molecule has 1 aromatic heterocycles. The van der Waals surface area contributed by atoms with E-state index in [1.54, 1.807) is 18.3 Å². The van der Waals surface area contributed by atoms with Gasteiger partial charge >= 0.3 is 0 Å². The van der Waals surface area contributed by atoms with Gasteiger partial charge in [0, 0.05) is 12.6 Å². The van der Waals surface area contributed by atoms with Crippen LogP contribution < -0.4 is 10.1 Å². The molecule has 0 saturated heterocycles. The zero-order chi connectivity index (χ0) is 15.2. The van der Waals surface area contributed by atoms with E-state index in [-0.39, 0.29) is 5.91 Å².